The monoisotopic (exact) mass is 292 g/mol. The van der Waals surface area contributed by atoms with Crippen LogP contribution in [-0.2, 0) is 12.8 Å². The predicted molar refractivity (Wildman–Crippen MR) is 83.3 cm³/mol. The van der Waals surface area contributed by atoms with Gasteiger partial charge in [-0.2, -0.15) is 0 Å². The molecule has 1 aromatic rings. The van der Waals surface area contributed by atoms with Gasteiger partial charge < -0.3 is 10.6 Å². The zero-order chi connectivity index (χ0) is 13.9. The Morgan fingerprint density at radius 1 is 1.30 bits per heavy atom. The Morgan fingerprint density at radius 2 is 2.15 bits per heavy atom. The summed E-state index contributed by atoms with van der Waals surface area (Å²) >= 11 is 1.74. The minimum atomic E-state index is 0.237. The summed E-state index contributed by atoms with van der Waals surface area (Å²) in [7, 11) is 0. The van der Waals surface area contributed by atoms with Crippen molar-refractivity contribution < 1.29 is 4.79 Å². The number of hydrogen-bond acceptors (Lipinski definition) is 3. The molecule has 2 aliphatic rings. The van der Waals surface area contributed by atoms with Crippen LogP contribution in [-0.4, -0.2) is 30.4 Å². The van der Waals surface area contributed by atoms with Gasteiger partial charge in [0, 0.05) is 18.0 Å². The minimum Gasteiger partial charge on any atom is -0.338 e. The number of nitrogens with zero attached hydrogens (tertiary/aromatic N) is 1. The summed E-state index contributed by atoms with van der Waals surface area (Å²) in [6.45, 7) is 2.44. The molecule has 3 nitrogen and oxygen atoms in total. The van der Waals surface area contributed by atoms with Crippen molar-refractivity contribution in [2.24, 2.45) is 11.7 Å². The fourth-order valence-corrected chi connectivity index (χ4v) is 4.59. The first-order valence-corrected chi connectivity index (χ1v) is 8.70. The van der Waals surface area contributed by atoms with Crippen molar-refractivity contribution in [2.45, 2.75) is 44.9 Å². The average molecular weight is 292 g/mol. The zero-order valence-corrected chi connectivity index (χ0v) is 12.9. The number of fused-ring (bicyclic) bond motifs is 1. The molecule has 20 heavy (non-hydrogen) atoms. The van der Waals surface area contributed by atoms with Crippen LogP contribution in [0.3, 0.4) is 0 Å². The molecule has 1 saturated heterocycles. The molecule has 0 radical (unpaired) electrons. The SMILES string of the molecule is NCC1CCCN(C(=O)c2cc3c(s2)CCCCC3)C1. The number of nitrogens with two attached hydrogens (primary N) is 1. The van der Waals surface area contributed by atoms with Gasteiger partial charge in [0.1, 0.15) is 0 Å². The second-order valence-electron chi connectivity index (χ2n) is 6.11. The Hall–Kier alpha value is -0.870. The molecule has 110 valence electrons. The maximum Gasteiger partial charge on any atom is 0.263 e. The van der Waals surface area contributed by atoms with Crippen LogP contribution in [0.1, 0.15) is 52.2 Å². The van der Waals surface area contributed by atoms with E-state index in [1.54, 1.807) is 11.3 Å². The summed E-state index contributed by atoms with van der Waals surface area (Å²) in [4.78, 5) is 17.1. The molecule has 1 fully saturated rings. The second kappa shape index (κ2) is 6.27. The lowest BCUT2D eigenvalue weighted by molar-refractivity contribution is 0.0683. The number of piperidine rings is 1. The lowest BCUT2D eigenvalue weighted by Gasteiger charge is -2.31. The molecule has 1 unspecified atom stereocenters. The fraction of sp³-hybridized carbons (Fsp3) is 0.688. The van der Waals surface area contributed by atoms with Crippen LogP contribution in [0.15, 0.2) is 6.07 Å². The maximum absolute atomic E-state index is 12.7. The Morgan fingerprint density at radius 3 is 3.00 bits per heavy atom. The van der Waals surface area contributed by atoms with Crippen molar-refractivity contribution >= 4 is 17.2 Å². The highest BCUT2D eigenvalue weighted by Gasteiger charge is 2.25. The van der Waals surface area contributed by atoms with Gasteiger partial charge in [-0.1, -0.05) is 6.42 Å². The number of rotatable bonds is 2. The smallest absolute Gasteiger partial charge is 0.263 e. The van der Waals surface area contributed by atoms with Crippen LogP contribution in [0.5, 0.6) is 0 Å². The molecular formula is C16H24N2OS. The van der Waals surface area contributed by atoms with Crippen LogP contribution < -0.4 is 5.73 Å². The second-order valence-corrected chi connectivity index (χ2v) is 7.25. The summed E-state index contributed by atoms with van der Waals surface area (Å²) in [6.07, 6.45) is 8.47. The molecule has 4 heteroatoms. The molecule has 2 heterocycles. The van der Waals surface area contributed by atoms with E-state index in [0.29, 0.717) is 12.5 Å². The van der Waals surface area contributed by atoms with Gasteiger partial charge in [-0.15, -0.1) is 11.3 Å². The van der Waals surface area contributed by atoms with Gasteiger partial charge in [-0.05, 0) is 62.6 Å². The maximum atomic E-state index is 12.7. The van der Waals surface area contributed by atoms with Crippen LogP contribution in [0.25, 0.3) is 0 Å². The van der Waals surface area contributed by atoms with E-state index in [9.17, 15) is 4.79 Å². The molecule has 0 aromatic carbocycles. The number of aryl methyl sites for hydroxylation is 2. The fourth-order valence-electron chi connectivity index (χ4n) is 3.37. The summed E-state index contributed by atoms with van der Waals surface area (Å²) in [5.74, 6) is 0.728. The van der Waals surface area contributed by atoms with Gasteiger partial charge in [0.25, 0.3) is 5.91 Å². The molecule has 0 bridgehead atoms. The largest absolute Gasteiger partial charge is 0.338 e. The first-order valence-electron chi connectivity index (χ1n) is 7.89. The Kier molecular flexibility index (Phi) is 4.41. The van der Waals surface area contributed by atoms with Crippen LogP contribution in [0.2, 0.25) is 0 Å². The first-order chi connectivity index (χ1) is 9.78. The van der Waals surface area contributed by atoms with Crippen LogP contribution in [0.4, 0.5) is 0 Å². The number of carbonyl (C=O) groups is 1. The molecule has 1 aliphatic carbocycles. The molecular weight excluding hydrogens is 268 g/mol. The molecule has 1 atom stereocenters. The molecule has 2 N–H and O–H groups in total. The van der Waals surface area contributed by atoms with Crippen LogP contribution >= 0.6 is 11.3 Å². The van der Waals surface area contributed by atoms with E-state index >= 15 is 0 Å². The Bertz CT molecular complexity index is 459. The minimum absolute atomic E-state index is 0.237. The van der Waals surface area contributed by atoms with Gasteiger partial charge in [0.2, 0.25) is 0 Å². The molecule has 0 spiro atoms. The predicted octanol–water partition coefficient (Wildman–Crippen LogP) is 2.83. The van der Waals surface area contributed by atoms with Gasteiger partial charge >= 0.3 is 0 Å². The van der Waals surface area contributed by atoms with Gasteiger partial charge in [0.15, 0.2) is 0 Å². The number of likely N-dealkylation sites (tertiary alicyclic amines) is 1. The number of hydrogen-bond donors (Lipinski definition) is 1. The van der Waals surface area contributed by atoms with E-state index in [1.807, 2.05) is 4.90 Å². The molecule has 1 aromatic heterocycles. The van der Waals surface area contributed by atoms with Crippen molar-refractivity contribution in [3.05, 3.63) is 21.4 Å². The number of amides is 1. The van der Waals surface area contributed by atoms with E-state index < -0.39 is 0 Å². The average Bonchev–Trinajstić information content (AvgIpc) is 2.77. The Labute approximate surface area is 125 Å². The lowest BCUT2D eigenvalue weighted by Crippen LogP contribution is -2.41. The summed E-state index contributed by atoms with van der Waals surface area (Å²) in [6, 6.07) is 2.17. The van der Waals surface area contributed by atoms with E-state index in [4.69, 9.17) is 5.73 Å². The summed E-state index contributed by atoms with van der Waals surface area (Å²) in [5.41, 5.74) is 7.20. The van der Waals surface area contributed by atoms with Crippen LogP contribution in [0, 0.1) is 5.92 Å². The number of thiophene rings is 1. The van der Waals surface area contributed by atoms with Crippen molar-refractivity contribution in [3.8, 4) is 0 Å². The van der Waals surface area contributed by atoms with Crippen molar-refractivity contribution in [1.82, 2.24) is 4.90 Å². The normalized spacial score (nSPS) is 23.2. The molecule has 1 amide bonds. The third kappa shape index (κ3) is 2.91. The van der Waals surface area contributed by atoms with Gasteiger partial charge in [-0.25, -0.2) is 0 Å². The summed E-state index contributed by atoms with van der Waals surface area (Å²) in [5, 5.41) is 0. The topological polar surface area (TPSA) is 46.3 Å². The van der Waals surface area contributed by atoms with Crippen molar-refractivity contribution in [3.63, 3.8) is 0 Å². The molecule has 3 rings (SSSR count). The van der Waals surface area contributed by atoms with E-state index in [0.717, 1.165) is 30.8 Å². The summed E-state index contributed by atoms with van der Waals surface area (Å²) < 4.78 is 0. The first kappa shape index (κ1) is 14.1. The highest BCUT2D eigenvalue weighted by Crippen LogP contribution is 2.30. The van der Waals surface area contributed by atoms with E-state index in [-0.39, 0.29) is 5.91 Å². The van der Waals surface area contributed by atoms with Gasteiger partial charge in [0.05, 0.1) is 4.88 Å². The zero-order valence-electron chi connectivity index (χ0n) is 12.1. The lowest BCUT2D eigenvalue weighted by atomic mass is 9.98. The standard InChI is InChI=1S/C16H24N2OS/c17-10-12-5-4-8-18(11-12)16(19)15-9-13-6-2-1-3-7-14(13)20-15/h9,12H,1-8,10-11,17H2. The van der Waals surface area contributed by atoms with Crippen molar-refractivity contribution in [1.29, 1.82) is 0 Å². The molecule has 0 saturated carbocycles. The quantitative estimate of drug-likeness (QED) is 0.852. The third-order valence-corrected chi connectivity index (χ3v) is 5.82. The highest BCUT2D eigenvalue weighted by molar-refractivity contribution is 7.14. The Balaban J connectivity index is 1.73. The highest BCUT2D eigenvalue weighted by atomic mass is 32.1. The third-order valence-electron chi connectivity index (χ3n) is 4.60. The van der Waals surface area contributed by atoms with Crippen molar-refractivity contribution in [2.75, 3.05) is 19.6 Å². The van der Waals surface area contributed by atoms with Gasteiger partial charge in [-0.3, -0.25) is 4.79 Å². The van der Waals surface area contributed by atoms with E-state index in [1.165, 1.54) is 42.5 Å². The molecule has 1 aliphatic heterocycles. The number of carbonyl (C=O) groups excluding carboxylic acids is 1. The van der Waals surface area contributed by atoms with E-state index in [2.05, 4.69) is 6.07 Å².